The highest BCUT2D eigenvalue weighted by Crippen LogP contribution is 2.34. The lowest BCUT2D eigenvalue weighted by atomic mass is 9.98. The van der Waals surface area contributed by atoms with Gasteiger partial charge in [-0.15, -0.1) is 0 Å². The standard InChI is InChI=1S/C21H24N2O3/c1-23-19-12-9-16(13-20(19)25-14-21(23)24)22-15-7-10-18(11-8-15)26-17-5-3-2-4-6-17/h7-13,17,22H,2-6,14H2,1H3. The van der Waals surface area contributed by atoms with Crippen LogP contribution < -0.4 is 19.7 Å². The number of hydrogen-bond donors (Lipinski definition) is 1. The fourth-order valence-corrected chi connectivity index (χ4v) is 3.51. The van der Waals surface area contributed by atoms with Crippen LogP contribution in [0.3, 0.4) is 0 Å². The fraction of sp³-hybridized carbons (Fsp3) is 0.381. The van der Waals surface area contributed by atoms with E-state index in [1.165, 1.54) is 19.3 Å². The van der Waals surface area contributed by atoms with Crippen molar-refractivity contribution in [3.63, 3.8) is 0 Å². The Balaban J connectivity index is 1.42. The molecule has 1 fully saturated rings. The number of ether oxygens (including phenoxy) is 2. The number of nitrogens with zero attached hydrogens (tertiary/aromatic N) is 1. The number of anilines is 3. The van der Waals surface area contributed by atoms with Crippen LogP contribution in [0.15, 0.2) is 42.5 Å². The molecular formula is C21H24N2O3. The Morgan fingerprint density at radius 2 is 1.77 bits per heavy atom. The number of likely N-dealkylation sites (N-methyl/N-ethyl adjacent to an activating group) is 1. The number of benzene rings is 2. The van der Waals surface area contributed by atoms with Gasteiger partial charge in [-0.1, -0.05) is 6.42 Å². The first kappa shape index (κ1) is 16.8. The van der Waals surface area contributed by atoms with Gasteiger partial charge in [0.05, 0.1) is 11.8 Å². The van der Waals surface area contributed by atoms with Crippen molar-refractivity contribution in [3.8, 4) is 11.5 Å². The minimum Gasteiger partial charge on any atom is -0.490 e. The quantitative estimate of drug-likeness (QED) is 0.880. The van der Waals surface area contributed by atoms with Crippen molar-refractivity contribution in [1.82, 2.24) is 0 Å². The van der Waals surface area contributed by atoms with Crippen LogP contribution in [0, 0.1) is 0 Å². The van der Waals surface area contributed by atoms with Crippen molar-refractivity contribution in [2.75, 3.05) is 23.9 Å². The van der Waals surface area contributed by atoms with Crippen LogP contribution in [0.1, 0.15) is 32.1 Å². The van der Waals surface area contributed by atoms with Crippen LogP contribution in [0.4, 0.5) is 17.1 Å². The summed E-state index contributed by atoms with van der Waals surface area (Å²) in [5.74, 6) is 1.61. The summed E-state index contributed by atoms with van der Waals surface area (Å²) in [4.78, 5) is 13.3. The lowest BCUT2D eigenvalue weighted by molar-refractivity contribution is -0.120. The number of nitrogens with one attached hydrogen (secondary N) is 1. The molecule has 0 atom stereocenters. The second-order valence-electron chi connectivity index (χ2n) is 6.95. The Labute approximate surface area is 153 Å². The van der Waals surface area contributed by atoms with Gasteiger partial charge in [0.15, 0.2) is 6.61 Å². The summed E-state index contributed by atoms with van der Waals surface area (Å²) in [5.41, 5.74) is 2.71. The van der Waals surface area contributed by atoms with Gasteiger partial charge in [0.2, 0.25) is 0 Å². The molecule has 26 heavy (non-hydrogen) atoms. The highest BCUT2D eigenvalue weighted by atomic mass is 16.5. The minimum atomic E-state index is -0.0354. The summed E-state index contributed by atoms with van der Waals surface area (Å²) in [5, 5.41) is 3.37. The van der Waals surface area contributed by atoms with E-state index < -0.39 is 0 Å². The molecule has 1 amide bonds. The first-order valence-electron chi connectivity index (χ1n) is 9.26. The highest BCUT2D eigenvalue weighted by Gasteiger charge is 2.22. The van der Waals surface area contributed by atoms with Crippen molar-refractivity contribution in [1.29, 1.82) is 0 Å². The monoisotopic (exact) mass is 352 g/mol. The summed E-state index contributed by atoms with van der Waals surface area (Å²) in [7, 11) is 1.77. The Hall–Kier alpha value is -2.69. The van der Waals surface area contributed by atoms with Crippen molar-refractivity contribution >= 4 is 23.0 Å². The average molecular weight is 352 g/mol. The number of carbonyl (C=O) groups excluding carboxylic acids is 1. The largest absolute Gasteiger partial charge is 0.490 e. The van der Waals surface area contributed by atoms with E-state index in [9.17, 15) is 4.79 Å². The molecule has 0 spiro atoms. The summed E-state index contributed by atoms with van der Waals surface area (Å²) in [6.45, 7) is 0.0835. The van der Waals surface area contributed by atoms with Crippen LogP contribution >= 0.6 is 0 Å². The van der Waals surface area contributed by atoms with Crippen LogP contribution in [0.2, 0.25) is 0 Å². The number of amides is 1. The number of carbonyl (C=O) groups is 1. The summed E-state index contributed by atoms with van der Waals surface area (Å²) >= 11 is 0. The maximum atomic E-state index is 11.7. The third kappa shape index (κ3) is 3.62. The average Bonchev–Trinajstić information content (AvgIpc) is 2.67. The zero-order valence-corrected chi connectivity index (χ0v) is 15.0. The predicted molar refractivity (Wildman–Crippen MR) is 103 cm³/mol. The first-order valence-corrected chi connectivity index (χ1v) is 9.26. The lowest BCUT2D eigenvalue weighted by Crippen LogP contribution is -2.35. The predicted octanol–water partition coefficient (Wildman–Crippen LogP) is 4.50. The second kappa shape index (κ2) is 7.28. The van der Waals surface area contributed by atoms with E-state index in [1.54, 1.807) is 11.9 Å². The Morgan fingerprint density at radius 1 is 1.04 bits per heavy atom. The van der Waals surface area contributed by atoms with Crippen molar-refractivity contribution < 1.29 is 14.3 Å². The molecule has 0 unspecified atom stereocenters. The maximum absolute atomic E-state index is 11.7. The summed E-state index contributed by atoms with van der Waals surface area (Å²) in [6, 6.07) is 13.8. The van der Waals surface area contributed by atoms with E-state index in [0.29, 0.717) is 11.9 Å². The molecule has 0 bridgehead atoms. The van der Waals surface area contributed by atoms with Gasteiger partial charge in [-0.2, -0.15) is 0 Å². The van der Waals surface area contributed by atoms with Gasteiger partial charge in [0.1, 0.15) is 11.5 Å². The van der Waals surface area contributed by atoms with Gasteiger partial charge in [0, 0.05) is 24.5 Å². The first-order chi connectivity index (χ1) is 12.7. The van der Waals surface area contributed by atoms with Crippen LogP contribution in [0.5, 0.6) is 11.5 Å². The molecule has 1 N–H and O–H groups in total. The molecule has 1 aliphatic heterocycles. The Morgan fingerprint density at radius 3 is 2.54 bits per heavy atom. The zero-order chi connectivity index (χ0) is 17.9. The normalized spacial score (nSPS) is 17.4. The second-order valence-corrected chi connectivity index (χ2v) is 6.95. The molecule has 4 rings (SSSR count). The molecule has 5 heteroatoms. The van der Waals surface area contributed by atoms with Crippen LogP contribution in [-0.2, 0) is 4.79 Å². The zero-order valence-electron chi connectivity index (χ0n) is 15.0. The molecule has 1 saturated carbocycles. The Kier molecular flexibility index (Phi) is 4.69. The maximum Gasteiger partial charge on any atom is 0.264 e. The molecule has 2 aromatic carbocycles. The third-order valence-electron chi connectivity index (χ3n) is 5.04. The van der Waals surface area contributed by atoms with E-state index in [4.69, 9.17) is 9.47 Å². The molecule has 1 heterocycles. The molecule has 0 radical (unpaired) electrons. The SMILES string of the molecule is CN1C(=O)COc2cc(Nc3ccc(OC4CCCCC4)cc3)ccc21. The topological polar surface area (TPSA) is 50.8 Å². The minimum absolute atomic E-state index is 0.0354. The lowest BCUT2D eigenvalue weighted by Gasteiger charge is -2.26. The summed E-state index contributed by atoms with van der Waals surface area (Å²) < 4.78 is 11.6. The number of rotatable bonds is 4. The van der Waals surface area contributed by atoms with Gasteiger partial charge >= 0.3 is 0 Å². The van der Waals surface area contributed by atoms with Gasteiger partial charge < -0.3 is 19.7 Å². The molecule has 0 saturated heterocycles. The highest BCUT2D eigenvalue weighted by molar-refractivity contribution is 5.97. The molecule has 0 aromatic heterocycles. The summed E-state index contributed by atoms with van der Waals surface area (Å²) in [6.07, 6.45) is 6.55. The van der Waals surface area contributed by atoms with E-state index in [1.807, 2.05) is 42.5 Å². The van der Waals surface area contributed by atoms with Gasteiger partial charge in [-0.3, -0.25) is 4.79 Å². The van der Waals surface area contributed by atoms with Gasteiger partial charge in [-0.25, -0.2) is 0 Å². The van der Waals surface area contributed by atoms with Crippen LogP contribution in [-0.4, -0.2) is 25.7 Å². The van der Waals surface area contributed by atoms with E-state index in [-0.39, 0.29) is 12.5 Å². The molecule has 136 valence electrons. The number of fused-ring (bicyclic) bond motifs is 1. The van der Waals surface area contributed by atoms with E-state index in [2.05, 4.69) is 5.32 Å². The smallest absolute Gasteiger partial charge is 0.264 e. The van der Waals surface area contributed by atoms with Crippen LogP contribution in [0.25, 0.3) is 0 Å². The fourth-order valence-electron chi connectivity index (χ4n) is 3.51. The van der Waals surface area contributed by atoms with Gasteiger partial charge in [0.25, 0.3) is 5.91 Å². The Bertz CT molecular complexity index is 782. The van der Waals surface area contributed by atoms with E-state index in [0.717, 1.165) is 35.7 Å². The third-order valence-corrected chi connectivity index (χ3v) is 5.04. The van der Waals surface area contributed by atoms with Crippen molar-refractivity contribution in [2.45, 2.75) is 38.2 Å². The van der Waals surface area contributed by atoms with Crippen molar-refractivity contribution in [3.05, 3.63) is 42.5 Å². The number of hydrogen-bond acceptors (Lipinski definition) is 4. The molecule has 1 aliphatic carbocycles. The van der Waals surface area contributed by atoms with Crippen molar-refractivity contribution in [2.24, 2.45) is 0 Å². The molecule has 5 nitrogen and oxygen atoms in total. The molecule has 2 aliphatic rings. The molecular weight excluding hydrogens is 328 g/mol. The van der Waals surface area contributed by atoms with Gasteiger partial charge in [-0.05, 0) is 62.1 Å². The van der Waals surface area contributed by atoms with E-state index >= 15 is 0 Å². The molecule has 2 aromatic rings.